The second-order valence-corrected chi connectivity index (χ2v) is 6.48. The smallest absolute Gasteiger partial charge is 0.388 e. The summed E-state index contributed by atoms with van der Waals surface area (Å²) < 4.78 is 37.6. The van der Waals surface area contributed by atoms with Crippen molar-refractivity contribution < 1.29 is 23.1 Å². The van der Waals surface area contributed by atoms with Gasteiger partial charge < -0.3 is 10.0 Å². The molecular weight excluding hydrogens is 303 g/mol. The van der Waals surface area contributed by atoms with Crippen molar-refractivity contribution in [2.75, 3.05) is 13.1 Å². The fourth-order valence-corrected chi connectivity index (χ4v) is 3.08. The van der Waals surface area contributed by atoms with Crippen molar-refractivity contribution in [3.05, 3.63) is 29.8 Å². The van der Waals surface area contributed by atoms with E-state index in [2.05, 4.69) is 0 Å². The highest BCUT2D eigenvalue weighted by Crippen LogP contribution is 2.39. The van der Waals surface area contributed by atoms with Crippen molar-refractivity contribution in [2.24, 2.45) is 0 Å². The Morgan fingerprint density at radius 1 is 1.38 bits per heavy atom. The third kappa shape index (κ3) is 4.38. The lowest BCUT2D eigenvalue weighted by molar-refractivity contribution is -0.0328. The molecule has 1 fully saturated rings. The largest absolute Gasteiger partial charge is 0.446 e. The van der Waals surface area contributed by atoms with Crippen molar-refractivity contribution in [2.45, 2.75) is 35.8 Å². The van der Waals surface area contributed by atoms with Gasteiger partial charge in [-0.3, -0.25) is 4.79 Å². The topological polar surface area (TPSA) is 40.5 Å². The SMILES string of the molecule is CC1(O)CCCN(C(=O)c2ccccc2SC(F)(F)F)C1. The first-order chi connectivity index (χ1) is 9.68. The number of carbonyl (C=O) groups is 1. The summed E-state index contributed by atoms with van der Waals surface area (Å²) in [5.41, 5.74) is -5.40. The first-order valence-electron chi connectivity index (χ1n) is 6.54. The highest BCUT2D eigenvalue weighted by molar-refractivity contribution is 8.00. The lowest BCUT2D eigenvalue weighted by Crippen LogP contribution is -2.48. The van der Waals surface area contributed by atoms with E-state index in [4.69, 9.17) is 0 Å². The van der Waals surface area contributed by atoms with Gasteiger partial charge in [0.15, 0.2) is 0 Å². The summed E-state index contributed by atoms with van der Waals surface area (Å²) in [6, 6.07) is 5.68. The van der Waals surface area contributed by atoms with Gasteiger partial charge in [0, 0.05) is 18.0 Å². The Bertz CT molecular complexity index is 531. The zero-order chi connectivity index (χ0) is 15.7. The first-order valence-corrected chi connectivity index (χ1v) is 7.36. The minimum atomic E-state index is -4.44. The van der Waals surface area contributed by atoms with Crippen molar-refractivity contribution in [3.8, 4) is 0 Å². The van der Waals surface area contributed by atoms with Gasteiger partial charge in [-0.05, 0) is 43.7 Å². The number of aliphatic hydroxyl groups is 1. The minimum absolute atomic E-state index is 0.0255. The number of rotatable bonds is 2. The standard InChI is InChI=1S/C14H16F3NO2S/c1-13(20)7-4-8-18(9-13)12(19)10-5-2-3-6-11(10)21-14(15,16)17/h2-3,5-6,20H,4,7-9H2,1H3. The molecule has 0 spiro atoms. The Kier molecular flexibility index (Phi) is 4.53. The Morgan fingerprint density at radius 2 is 2.05 bits per heavy atom. The fraction of sp³-hybridized carbons (Fsp3) is 0.500. The number of piperidine rings is 1. The molecule has 0 aromatic heterocycles. The maximum atomic E-state index is 12.5. The molecule has 21 heavy (non-hydrogen) atoms. The van der Waals surface area contributed by atoms with Crippen LogP contribution in [0.2, 0.25) is 0 Å². The van der Waals surface area contributed by atoms with Gasteiger partial charge in [-0.15, -0.1) is 0 Å². The average molecular weight is 319 g/mol. The van der Waals surface area contributed by atoms with Crippen LogP contribution in [-0.2, 0) is 0 Å². The van der Waals surface area contributed by atoms with Crippen molar-refractivity contribution in [1.29, 1.82) is 0 Å². The zero-order valence-corrected chi connectivity index (χ0v) is 12.3. The summed E-state index contributed by atoms with van der Waals surface area (Å²) in [5, 5.41) is 10.0. The number of halogens is 3. The molecule has 0 aliphatic carbocycles. The minimum Gasteiger partial charge on any atom is -0.388 e. The molecule has 1 unspecified atom stereocenters. The second-order valence-electron chi connectivity index (χ2n) is 5.37. The third-order valence-corrected chi connectivity index (χ3v) is 4.11. The van der Waals surface area contributed by atoms with Crippen LogP contribution < -0.4 is 0 Å². The van der Waals surface area contributed by atoms with E-state index in [1.54, 1.807) is 6.92 Å². The van der Waals surface area contributed by atoms with Gasteiger partial charge in [-0.1, -0.05) is 12.1 Å². The maximum Gasteiger partial charge on any atom is 0.446 e. The molecule has 3 nitrogen and oxygen atoms in total. The second kappa shape index (κ2) is 5.88. The Morgan fingerprint density at radius 3 is 2.67 bits per heavy atom. The lowest BCUT2D eigenvalue weighted by Gasteiger charge is -2.37. The van der Waals surface area contributed by atoms with Gasteiger partial charge in [0.05, 0.1) is 11.2 Å². The highest BCUT2D eigenvalue weighted by Gasteiger charge is 2.34. The molecule has 1 aliphatic heterocycles. The van der Waals surface area contributed by atoms with E-state index >= 15 is 0 Å². The van der Waals surface area contributed by atoms with Gasteiger partial charge in [0.1, 0.15) is 0 Å². The van der Waals surface area contributed by atoms with Crippen LogP contribution >= 0.6 is 11.8 Å². The number of alkyl halides is 3. The quantitative estimate of drug-likeness (QED) is 0.851. The number of hydrogen-bond acceptors (Lipinski definition) is 3. The van der Waals surface area contributed by atoms with Gasteiger partial charge >= 0.3 is 5.51 Å². The van der Waals surface area contributed by atoms with E-state index in [0.29, 0.717) is 19.4 Å². The van der Waals surface area contributed by atoms with Crippen LogP contribution in [0.4, 0.5) is 13.2 Å². The fourth-order valence-electron chi connectivity index (χ4n) is 2.42. The molecule has 2 rings (SSSR count). The predicted octanol–water partition coefficient (Wildman–Crippen LogP) is 3.29. The molecule has 1 aliphatic rings. The van der Waals surface area contributed by atoms with Gasteiger partial charge in [0.2, 0.25) is 0 Å². The van der Waals surface area contributed by atoms with Crippen LogP contribution in [-0.4, -0.2) is 40.1 Å². The summed E-state index contributed by atoms with van der Waals surface area (Å²) in [6.07, 6.45) is 1.21. The van der Waals surface area contributed by atoms with Crippen molar-refractivity contribution >= 4 is 17.7 Å². The summed E-state index contributed by atoms with van der Waals surface area (Å²) in [4.78, 5) is 13.7. The Balaban J connectivity index is 2.23. The number of amides is 1. The van der Waals surface area contributed by atoms with E-state index in [0.717, 1.165) is 0 Å². The first kappa shape index (κ1) is 16.2. The number of benzene rings is 1. The van der Waals surface area contributed by atoms with Crippen LogP contribution in [0.15, 0.2) is 29.2 Å². The van der Waals surface area contributed by atoms with E-state index in [-0.39, 0.29) is 28.8 Å². The van der Waals surface area contributed by atoms with E-state index in [1.165, 1.54) is 29.2 Å². The monoisotopic (exact) mass is 319 g/mol. The third-order valence-electron chi connectivity index (χ3n) is 3.31. The molecule has 7 heteroatoms. The molecular formula is C14H16F3NO2S. The van der Waals surface area contributed by atoms with Gasteiger partial charge in [-0.2, -0.15) is 13.2 Å². The normalized spacial score (nSPS) is 23.2. The van der Waals surface area contributed by atoms with Crippen LogP contribution in [0.1, 0.15) is 30.1 Å². The Labute approximate surface area is 125 Å². The molecule has 1 aromatic carbocycles. The van der Waals surface area contributed by atoms with Crippen LogP contribution in [0.3, 0.4) is 0 Å². The Hall–Kier alpha value is -1.21. The number of thioether (sulfide) groups is 1. The number of β-amino-alcohol motifs (C(OH)–C–C–N with tert-alkyl or cyclic N) is 1. The van der Waals surface area contributed by atoms with E-state index in [9.17, 15) is 23.1 Å². The number of likely N-dealkylation sites (tertiary alicyclic amines) is 1. The molecule has 0 bridgehead atoms. The summed E-state index contributed by atoms with van der Waals surface area (Å²) in [5.74, 6) is -0.470. The van der Waals surface area contributed by atoms with Crippen LogP contribution in [0.5, 0.6) is 0 Å². The average Bonchev–Trinajstić information content (AvgIpc) is 2.35. The van der Waals surface area contributed by atoms with E-state index < -0.39 is 17.0 Å². The van der Waals surface area contributed by atoms with Gasteiger partial charge in [0.25, 0.3) is 5.91 Å². The number of hydrogen-bond donors (Lipinski definition) is 1. The lowest BCUT2D eigenvalue weighted by atomic mass is 9.94. The van der Waals surface area contributed by atoms with Crippen molar-refractivity contribution in [3.63, 3.8) is 0 Å². The molecule has 1 atom stereocenters. The molecule has 1 aromatic rings. The number of nitrogens with zero attached hydrogens (tertiary/aromatic N) is 1. The van der Waals surface area contributed by atoms with Crippen LogP contribution in [0.25, 0.3) is 0 Å². The van der Waals surface area contributed by atoms with Crippen LogP contribution in [0, 0.1) is 0 Å². The molecule has 1 amide bonds. The zero-order valence-electron chi connectivity index (χ0n) is 11.5. The van der Waals surface area contributed by atoms with E-state index in [1.807, 2.05) is 0 Å². The van der Waals surface area contributed by atoms with Gasteiger partial charge in [-0.25, -0.2) is 0 Å². The molecule has 0 radical (unpaired) electrons. The number of carbonyl (C=O) groups excluding carboxylic acids is 1. The maximum absolute atomic E-state index is 12.5. The molecule has 0 saturated carbocycles. The predicted molar refractivity (Wildman–Crippen MR) is 74.1 cm³/mol. The molecule has 1 heterocycles. The summed E-state index contributed by atoms with van der Waals surface area (Å²) in [7, 11) is 0. The van der Waals surface area contributed by atoms with Crippen molar-refractivity contribution in [1.82, 2.24) is 4.90 Å². The molecule has 116 valence electrons. The molecule has 1 N–H and O–H groups in total. The molecule has 1 saturated heterocycles. The summed E-state index contributed by atoms with van der Waals surface area (Å²) in [6.45, 7) is 2.21. The highest BCUT2D eigenvalue weighted by atomic mass is 32.2. The summed E-state index contributed by atoms with van der Waals surface area (Å²) >= 11 is -0.290.